The van der Waals surface area contributed by atoms with Crippen LogP contribution in [0.4, 0.5) is 11.4 Å². The zero-order valence-corrected chi connectivity index (χ0v) is 8.06. The number of nitrogens with zero attached hydrogens (tertiary/aromatic N) is 2. The molecule has 0 N–H and O–H groups in total. The first kappa shape index (κ1) is 9.53. The number of benzene rings is 1. The third-order valence-electron chi connectivity index (χ3n) is 1.95. The highest BCUT2D eigenvalue weighted by Crippen LogP contribution is 2.37. The summed E-state index contributed by atoms with van der Waals surface area (Å²) in [5, 5.41) is 22.7. The molecule has 0 amide bonds. The number of nitro benzene ring substituents is 1. The van der Waals surface area contributed by atoms with Crippen LogP contribution < -0.4 is 0 Å². The standard InChI is InChI=1S/C8H4N2O4S/c11-9(12)5-2-1-3-7-8(5)6(4-15-7)10(13)14/h1-4H. The van der Waals surface area contributed by atoms with Gasteiger partial charge >= 0.3 is 0 Å². The molecule has 0 aliphatic rings. The van der Waals surface area contributed by atoms with Crippen LogP contribution in [0.25, 0.3) is 10.1 Å². The quantitative estimate of drug-likeness (QED) is 0.579. The Morgan fingerprint density at radius 3 is 2.33 bits per heavy atom. The number of fused-ring (bicyclic) bond motifs is 1. The number of nitro groups is 2. The van der Waals surface area contributed by atoms with Gasteiger partial charge in [0.25, 0.3) is 11.4 Å². The van der Waals surface area contributed by atoms with Gasteiger partial charge in [0.2, 0.25) is 0 Å². The van der Waals surface area contributed by atoms with Crippen molar-refractivity contribution in [2.24, 2.45) is 0 Å². The smallest absolute Gasteiger partial charge is 0.258 e. The Kier molecular flexibility index (Phi) is 2.09. The van der Waals surface area contributed by atoms with Crippen LogP contribution in [0, 0.1) is 20.2 Å². The van der Waals surface area contributed by atoms with E-state index in [1.54, 1.807) is 6.07 Å². The normalized spacial score (nSPS) is 10.4. The SMILES string of the molecule is O=[N+]([O-])c1cccc2scc([N+](=O)[O-])c12. The minimum Gasteiger partial charge on any atom is -0.258 e. The lowest BCUT2D eigenvalue weighted by atomic mass is 10.2. The average Bonchev–Trinajstić information content (AvgIpc) is 2.60. The van der Waals surface area contributed by atoms with Crippen LogP contribution in [0.3, 0.4) is 0 Å². The molecule has 0 aliphatic carbocycles. The molecule has 2 rings (SSSR count). The minimum absolute atomic E-state index is 0.109. The summed E-state index contributed by atoms with van der Waals surface area (Å²) in [6.45, 7) is 0. The zero-order valence-electron chi connectivity index (χ0n) is 7.25. The van der Waals surface area contributed by atoms with Crippen molar-refractivity contribution in [1.29, 1.82) is 0 Å². The Balaban J connectivity index is 2.86. The van der Waals surface area contributed by atoms with E-state index in [-0.39, 0.29) is 16.8 Å². The summed E-state index contributed by atoms with van der Waals surface area (Å²) in [6, 6.07) is 4.41. The molecule has 0 radical (unpaired) electrons. The van der Waals surface area contributed by atoms with Crippen molar-refractivity contribution in [3.05, 3.63) is 43.8 Å². The van der Waals surface area contributed by atoms with E-state index in [1.807, 2.05) is 0 Å². The van der Waals surface area contributed by atoms with Crippen molar-refractivity contribution in [1.82, 2.24) is 0 Å². The van der Waals surface area contributed by atoms with Gasteiger partial charge < -0.3 is 0 Å². The van der Waals surface area contributed by atoms with Crippen LogP contribution in [-0.2, 0) is 0 Å². The zero-order chi connectivity index (χ0) is 11.0. The molecule has 0 fully saturated rings. The Labute approximate surface area is 87.1 Å². The van der Waals surface area contributed by atoms with Gasteiger partial charge in [0.1, 0.15) is 5.39 Å². The highest BCUT2D eigenvalue weighted by molar-refractivity contribution is 7.17. The fourth-order valence-electron chi connectivity index (χ4n) is 1.34. The molecule has 76 valence electrons. The van der Waals surface area contributed by atoms with E-state index >= 15 is 0 Å². The van der Waals surface area contributed by atoms with Crippen LogP contribution in [0.5, 0.6) is 0 Å². The van der Waals surface area contributed by atoms with Crippen LogP contribution in [0.2, 0.25) is 0 Å². The number of hydrogen-bond acceptors (Lipinski definition) is 5. The van der Waals surface area contributed by atoms with E-state index < -0.39 is 9.85 Å². The van der Waals surface area contributed by atoms with E-state index in [9.17, 15) is 20.2 Å². The van der Waals surface area contributed by atoms with Crippen molar-refractivity contribution in [2.45, 2.75) is 0 Å². The number of rotatable bonds is 2. The summed E-state index contributed by atoms with van der Waals surface area (Å²) in [6.07, 6.45) is 0. The van der Waals surface area contributed by atoms with Crippen LogP contribution in [-0.4, -0.2) is 9.85 Å². The summed E-state index contributed by atoms with van der Waals surface area (Å²) in [5.74, 6) is 0. The van der Waals surface area contributed by atoms with E-state index in [1.165, 1.54) is 17.5 Å². The van der Waals surface area contributed by atoms with Crippen molar-refractivity contribution < 1.29 is 9.85 Å². The highest BCUT2D eigenvalue weighted by Gasteiger charge is 2.23. The topological polar surface area (TPSA) is 86.3 Å². The summed E-state index contributed by atoms with van der Waals surface area (Å²) in [5.41, 5.74) is -0.428. The summed E-state index contributed by atoms with van der Waals surface area (Å²) >= 11 is 1.13. The molecule has 1 aromatic heterocycles. The molecule has 0 saturated carbocycles. The van der Waals surface area contributed by atoms with Crippen LogP contribution in [0.1, 0.15) is 0 Å². The number of non-ortho nitro benzene ring substituents is 1. The molecule has 0 bridgehead atoms. The lowest BCUT2D eigenvalue weighted by Gasteiger charge is -1.93. The maximum Gasteiger partial charge on any atom is 0.294 e. The van der Waals surface area contributed by atoms with E-state index in [2.05, 4.69) is 0 Å². The first-order valence-corrected chi connectivity index (χ1v) is 4.78. The van der Waals surface area contributed by atoms with E-state index in [0.29, 0.717) is 4.70 Å². The summed E-state index contributed by atoms with van der Waals surface area (Å²) in [7, 11) is 0. The van der Waals surface area contributed by atoms with Crippen LogP contribution in [0.15, 0.2) is 23.6 Å². The molecular weight excluding hydrogens is 220 g/mol. The monoisotopic (exact) mass is 224 g/mol. The Morgan fingerprint density at radius 2 is 1.73 bits per heavy atom. The van der Waals surface area contributed by atoms with Crippen molar-refractivity contribution in [3.8, 4) is 0 Å². The molecule has 1 aromatic carbocycles. The van der Waals surface area contributed by atoms with Crippen LogP contribution >= 0.6 is 11.3 Å². The first-order valence-electron chi connectivity index (χ1n) is 3.90. The van der Waals surface area contributed by atoms with E-state index in [0.717, 1.165) is 11.3 Å². The Morgan fingerprint density at radius 1 is 1.07 bits per heavy atom. The third kappa shape index (κ3) is 1.42. The van der Waals surface area contributed by atoms with Gasteiger partial charge in [0, 0.05) is 10.8 Å². The molecule has 15 heavy (non-hydrogen) atoms. The van der Waals surface area contributed by atoms with Gasteiger partial charge in [-0.15, -0.1) is 11.3 Å². The second kappa shape index (κ2) is 3.28. The molecule has 0 atom stereocenters. The average molecular weight is 224 g/mol. The van der Waals surface area contributed by atoms with Gasteiger partial charge in [-0.05, 0) is 6.07 Å². The third-order valence-corrected chi connectivity index (χ3v) is 2.89. The molecule has 0 aliphatic heterocycles. The molecular formula is C8H4N2O4S. The maximum atomic E-state index is 10.7. The second-order valence-electron chi connectivity index (χ2n) is 2.79. The predicted molar refractivity (Wildman–Crippen MR) is 55.1 cm³/mol. The molecule has 7 heteroatoms. The van der Waals surface area contributed by atoms with Gasteiger partial charge in [0.15, 0.2) is 0 Å². The molecule has 0 unspecified atom stereocenters. The predicted octanol–water partition coefficient (Wildman–Crippen LogP) is 2.72. The van der Waals surface area contributed by atoms with Gasteiger partial charge in [-0.3, -0.25) is 20.2 Å². The lowest BCUT2D eigenvalue weighted by molar-refractivity contribution is -0.389. The van der Waals surface area contributed by atoms with E-state index in [4.69, 9.17) is 0 Å². The fraction of sp³-hybridized carbons (Fsp3) is 0. The second-order valence-corrected chi connectivity index (χ2v) is 3.70. The number of hydrogen-bond donors (Lipinski definition) is 0. The largest absolute Gasteiger partial charge is 0.294 e. The lowest BCUT2D eigenvalue weighted by Crippen LogP contribution is -1.91. The van der Waals surface area contributed by atoms with Gasteiger partial charge in [-0.25, -0.2) is 0 Å². The molecule has 1 heterocycles. The van der Waals surface area contributed by atoms with Gasteiger partial charge in [-0.1, -0.05) is 6.07 Å². The van der Waals surface area contributed by atoms with Crippen molar-refractivity contribution >= 4 is 32.8 Å². The highest BCUT2D eigenvalue weighted by atomic mass is 32.1. The molecule has 0 spiro atoms. The van der Waals surface area contributed by atoms with Gasteiger partial charge in [0.05, 0.1) is 15.2 Å². The first-order chi connectivity index (χ1) is 7.11. The van der Waals surface area contributed by atoms with Crippen molar-refractivity contribution in [3.63, 3.8) is 0 Å². The summed E-state index contributed by atoms with van der Waals surface area (Å²) in [4.78, 5) is 20.1. The minimum atomic E-state index is -0.609. The Bertz CT molecular complexity index is 563. The Hall–Kier alpha value is -2.02. The number of thiophene rings is 1. The molecule has 6 nitrogen and oxygen atoms in total. The molecule has 2 aromatic rings. The molecule has 0 saturated heterocycles. The fourth-order valence-corrected chi connectivity index (χ4v) is 2.27. The summed E-state index contributed by atoms with van der Waals surface area (Å²) < 4.78 is 0.552. The maximum absolute atomic E-state index is 10.7. The van der Waals surface area contributed by atoms with Crippen molar-refractivity contribution in [2.75, 3.05) is 0 Å². The van der Waals surface area contributed by atoms with Gasteiger partial charge in [-0.2, -0.15) is 0 Å².